The van der Waals surface area contributed by atoms with Crippen molar-refractivity contribution in [2.24, 2.45) is 0 Å². The molecule has 2 aliphatic rings. The van der Waals surface area contributed by atoms with Gasteiger partial charge in [0, 0.05) is 25.7 Å². The molecule has 0 saturated carbocycles. The Morgan fingerprint density at radius 1 is 1.10 bits per heavy atom. The number of hydrogen-bond acceptors (Lipinski definition) is 3. The van der Waals surface area contributed by atoms with Crippen LogP contribution in [-0.4, -0.2) is 42.8 Å². The fourth-order valence-electron chi connectivity index (χ4n) is 3.40. The van der Waals surface area contributed by atoms with E-state index >= 15 is 0 Å². The first-order valence-electron chi connectivity index (χ1n) is 8.38. The highest BCUT2D eigenvalue weighted by Gasteiger charge is 2.33. The maximum Gasteiger partial charge on any atom is 0.0707 e. The number of ether oxygens (including phenoxy) is 1. The predicted molar refractivity (Wildman–Crippen MR) is 86.5 cm³/mol. The van der Waals surface area contributed by atoms with E-state index in [2.05, 4.69) is 48.3 Å². The number of nitrogens with one attached hydrogen (secondary N) is 1. The Morgan fingerprint density at radius 3 is 2.33 bits per heavy atom. The Bertz CT molecular complexity index is 431. The van der Waals surface area contributed by atoms with Crippen LogP contribution in [0.3, 0.4) is 0 Å². The van der Waals surface area contributed by atoms with E-state index in [0.29, 0.717) is 18.2 Å². The van der Waals surface area contributed by atoms with Crippen LogP contribution >= 0.6 is 0 Å². The minimum absolute atomic E-state index is 0.491. The van der Waals surface area contributed by atoms with Crippen LogP contribution in [0.2, 0.25) is 0 Å². The Hall–Kier alpha value is -0.900. The van der Waals surface area contributed by atoms with E-state index in [1.165, 1.54) is 24.0 Å². The molecule has 3 heteroatoms. The Morgan fingerprint density at radius 2 is 1.71 bits per heavy atom. The topological polar surface area (TPSA) is 24.5 Å². The molecule has 0 spiro atoms. The van der Waals surface area contributed by atoms with E-state index in [-0.39, 0.29) is 0 Å². The molecule has 2 aliphatic heterocycles. The zero-order valence-electron chi connectivity index (χ0n) is 13.3. The second-order valence-electron chi connectivity index (χ2n) is 6.83. The summed E-state index contributed by atoms with van der Waals surface area (Å²) in [5.74, 6) is 0. The van der Waals surface area contributed by atoms with Crippen LogP contribution in [0, 0.1) is 0 Å². The number of fused-ring (bicyclic) bond motifs is 2. The number of nitrogens with zero attached hydrogens (tertiary/aromatic N) is 1. The summed E-state index contributed by atoms with van der Waals surface area (Å²) in [6.45, 7) is 8.73. The normalized spacial score (nSPS) is 25.7. The highest BCUT2D eigenvalue weighted by molar-refractivity contribution is 5.23. The highest BCUT2D eigenvalue weighted by Crippen LogP contribution is 2.27. The fraction of sp³-hybridized carbons (Fsp3) is 0.667. The molecule has 0 aromatic heterocycles. The first-order chi connectivity index (χ1) is 10.2. The van der Waals surface area contributed by atoms with Gasteiger partial charge in [-0.1, -0.05) is 38.1 Å². The van der Waals surface area contributed by atoms with Crippen molar-refractivity contribution in [2.75, 3.05) is 19.6 Å². The first-order valence-corrected chi connectivity index (χ1v) is 8.38. The molecule has 2 unspecified atom stereocenters. The van der Waals surface area contributed by atoms with Crippen molar-refractivity contribution in [1.29, 1.82) is 0 Å². The van der Waals surface area contributed by atoms with Gasteiger partial charge in [-0.3, -0.25) is 4.90 Å². The van der Waals surface area contributed by atoms with Gasteiger partial charge in [0.25, 0.3) is 0 Å². The lowest BCUT2D eigenvalue weighted by Gasteiger charge is -2.32. The van der Waals surface area contributed by atoms with Crippen molar-refractivity contribution >= 4 is 0 Å². The van der Waals surface area contributed by atoms with E-state index in [1.54, 1.807) is 0 Å². The van der Waals surface area contributed by atoms with Crippen molar-refractivity contribution < 1.29 is 4.74 Å². The minimum Gasteiger partial charge on any atom is -0.372 e. The number of morpholine rings is 1. The summed E-state index contributed by atoms with van der Waals surface area (Å²) < 4.78 is 5.90. The molecule has 21 heavy (non-hydrogen) atoms. The standard InChI is InChI=1S/C18H28N2O/c1-14(2)19-10-9-15-3-5-16(6-4-15)11-20-12-17-7-8-18(13-20)21-17/h3-6,14,17-19H,7-13H2,1-2H3. The van der Waals surface area contributed by atoms with Gasteiger partial charge >= 0.3 is 0 Å². The van der Waals surface area contributed by atoms with Gasteiger partial charge < -0.3 is 10.1 Å². The Balaban J connectivity index is 1.48. The van der Waals surface area contributed by atoms with Crippen LogP contribution in [0.1, 0.15) is 37.8 Å². The van der Waals surface area contributed by atoms with Gasteiger partial charge in [-0.2, -0.15) is 0 Å². The molecule has 116 valence electrons. The molecule has 1 aromatic rings. The molecule has 2 heterocycles. The van der Waals surface area contributed by atoms with Gasteiger partial charge in [0.2, 0.25) is 0 Å². The van der Waals surface area contributed by atoms with Crippen LogP contribution in [-0.2, 0) is 17.7 Å². The summed E-state index contributed by atoms with van der Waals surface area (Å²) in [6, 6.07) is 9.73. The van der Waals surface area contributed by atoms with Gasteiger partial charge in [0.05, 0.1) is 12.2 Å². The molecule has 3 rings (SSSR count). The van der Waals surface area contributed by atoms with E-state index in [4.69, 9.17) is 4.74 Å². The third-order valence-corrected chi connectivity index (χ3v) is 4.51. The molecule has 0 radical (unpaired) electrons. The number of hydrogen-bond donors (Lipinski definition) is 1. The molecular weight excluding hydrogens is 260 g/mol. The molecule has 1 N–H and O–H groups in total. The average molecular weight is 288 g/mol. The van der Waals surface area contributed by atoms with Crippen LogP contribution < -0.4 is 5.32 Å². The summed E-state index contributed by atoms with van der Waals surface area (Å²) in [7, 11) is 0. The number of likely N-dealkylation sites (tertiary alicyclic amines) is 1. The largest absolute Gasteiger partial charge is 0.372 e. The zero-order valence-corrected chi connectivity index (χ0v) is 13.3. The molecule has 2 bridgehead atoms. The third-order valence-electron chi connectivity index (χ3n) is 4.51. The Kier molecular flexibility index (Phi) is 4.94. The third kappa shape index (κ3) is 4.29. The van der Waals surface area contributed by atoms with Crippen molar-refractivity contribution in [3.8, 4) is 0 Å². The summed E-state index contributed by atoms with van der Waals surface area (Å²) >= 11 is 0. The van der Waals surface area contributed by atoms with E-state index in [1.807, 2.05) is 0 Å². The summed E-state index contributed by atoms with van der Waals surface area (Å²) in [5.41, 5.74) is 2.85. The smallest absolute Gasteiger partial charge is 0.0707 e. The van der Waals surface area contributed by atoms with Gasteiger partial charge in [-0.25, -0.2) is 0 Å². The predicted octanol–water partition coefficient (Wildman–Crippen LogP) is 2.59. The van der Waals surface area contributed by atoms with E-state index in [9.17, 15) is 0 Å². The summed E-state index contributed by atoms with van der Waals surface area (Å²) in [4.78, 5) is 2.56. The second-order valence-corrected chi connectivity index (χ2v) is 6.83. The molecule has 3 nitrogen and oxygen atoms in total. The zero-order chi connectivity index (χ0) is 14.7. The summed E-state index contributed by atoms with van der Waals surface area (Å²) in [6.07, 6.45) is 4.60. The van der Waals surface area contributed by atoms with Crippen molar-refractivity contribution in [3.63, 3.8) is 0 Å². The van der Waals surface area contributed by atoms with Crippen LogP contribution in [0.25, 0.3) is 0 Å². The van der Waals surface area contributed by atoms with Gasteiger partial charge in [0.15, 0.2) is 0 Å². The highest BCUT2D eigenvalue weighted by atomic mass is 16.5. The quantitative estimate of drug-likeness (QED) is 0.871. The average Bonchev–Trinajstić information content (AvgIpc) is 2.79. The number of benzene rings is 1. The SMILES string of the molecule is CC(C)NCCc1ccc(CN2CC3CCC(C2)O3)cc1. The molecular formula is C18H28N2O. The van der Waals surface area contributed by atoms with Gasteiger partial charge in [0.1, 0.15) is 0 Å². The maximum absolute atomic E-state index is 5.90. The van der Waals surface area contributed by atoms with Crippen molar-refractivity contribution in [2.45, 2.75) is 57.9 Å². The van der Waals surface area contributed by atoms with Crippen LogP contribution in [0.4, 0.5) is 0 Å². The van der Waals surface area contributed by atoms with E-state index in [0.717, 1.165) is 32.6 Å². The summed E-state index contributed by atoms with van der Waals surface area (Å²) in [5, 5.41) is 3.47. The lowest BCUT2D eigenvalue weighted by atomic mass is 10.1. The molecule has 0 amide bonds. The maximum atomic E-state index is 5.90. The lowest BCUT2D eigenvalue weighted by Crippen LogP contribution is -2.41. The number of rotatable bonds is 6. The molecule has 2 fully saturated rings. The van der Waals surface area contributed by atoms with Crippen molar-refractivity contribution in [1.82, 2.24) is 10.2 Å². The van der Waals surface area contributed by atoms with Crippen LogP contribution in [0.15, 0.2) is 24.3 Å². The van der Waals surface area contributed by atoms with E-state index < -0.39 is 0 Å². The monoisotopic (exact) mass is 288 g/mol. The van der Waals surface area contributed by atoms with Crippen molar-refractivity contribution in [3.05, 3.63) is 35.4 Å². The van der Waals surface area contributed by atoms with Gasteiger partial charge in [-0.15, -0.1) is 0 Å². The molecule has 1 aromatic carbocycles. The van der Waals surface area contributed by atoms with Crippen LogP contribution in [0.5, 0.6) is 0 Å². The molecule has 2 saturated heterocycles. The second kappa shape index (κ2) is 6.91. The Labute approximate surface area is 128 Å². The molecule has 0 aliphatic carbocycles. The minimum atomic E-state index is 0.491. The lowest BCUT2D eigenvalue weighted by molar-refractivity contribution is -0.0410. The molecule has 2 atom stereocenters. The fourth-order valence-corrected chi connectivity index (χ4v) is 3.40. The first kappa shape index (κ1) is 15.0. The van der Waals surface area contributed by atoms with Gasteiger partial charge in [-0.05, 0) is 36.9 Å².